The van der Waals surface area contributed by atoms with Crippen molar-refractivity contribution >= 4 is 17.5 Å². The van der Waals surface area contributed by atoms with E-state index < -0.39 is 12.2 Å². The van der Waals surface area contributed by atoms with Crippen molar-refractivity contribution in [3.63, 3.8) is 0 Å². The first-order valence-electron chi connectivity index (χ1n) is 5.96. The predicted molar refractivity (Wildman–Crippen MR) is 68.7 cm³/mol. The Morgan fingerprint density at radius 2 is 2.28 bits per heavy atom. The highest BCUT2D eigenvalue weighted by Crippen LogP contribution is 2.24. The van der Waals surface area contributed by atoms with Gasteiger partial charge >= 0.3 is 0 Å². The van der Waals surface area contributed by atoms with Gasteiger partial charge in [-0.2, -0.15) is 0 Å². The minimum Gasteiger partial charge on any atom is -0.479 e. The second-order valence-electron chi connectivity index (χ2n) is 4.42. The molecule has 1 heterocycles. The quantitative estimate of drug-likeness (QED) is 0.909. The number of hydrogen-bond donors (Lipinski definition) is 1. The van der Waals surface area contributed by atoms with Gasteiger partial charge in [-0.15, -0.1) is 0 Å². The average Bonchev–Trinajstić information content (AvgIpc) is 2.78. The van der Waals surface area contributed by atoms with Crippen molar-refractivity contribution in [1.82, 2.24) is 4.90 Å². The summed E-state index contributed by atoms with van der Waals surface area (Å²) in [5.74, 6) is 0.381. The van der Waals surface area contributed by atoms with Gasteiger partial charge in [-0.05, 0) is 25.5 Å². The molecule has 1 unspecified atom stereocenters. The molecule has 1 aliphatic rings. The van der Waals surface area contributed by atoms with E-state index in [-0.39, 0.29) is 5.91 Å². The summed E-state index contributed by atoms with van der Waals surface area (Å²) >= 11 is 5.97. The number of benzene rings is 1. The number of para-hydroxylation sites is 1. The average molecular weight is 270 g/mol. The summed E-state index contributed by atoms with van der Waals surface area (Å²) in [7, 11) is 0. The van der Waals surface area contributed by atoms with E-state index in [0.29, 0.717) is 30.3 Å². The highest BCUT2D eigenvalue weighted by molar-refractivity contribution is 6.32. The summed E-state index contributed by atoms with van der Waals surface area (Å²) in [5.41, 5.74) is 0. The maximum atomic E-state index is 12.1. The summed E-state index contributed by atoms with van der Waals surface area (Å²) in [6, 6.07) is 7.05. The molecule has 1 N–H and O–H groups in total. The SMILES string of the molecule is CC(Oc1ccccc1Cl)C(=O)N1CC[C@H](O)C1. The minimum absolute atomic E-state index is 0.119. The fraction of sp³-hybridized carbons (Fsp3) is 0.462. The Kier molecular flexibility index (Phi) is 4.09. The molecule has 0 saturated carbocycles. The number of hydrogen-bond acceptors (Lipinski definition) is 3. The molecule has 1 aliphatic heterocycles. The molecule has 1 saturated heterocycles. The first-order valence-corrected chi connectivity index (χ1v) is 6.34. The van der Waals surface area contributed by atoms with Gasteiger partial charge < -0.3 is 14.7 Å². The van der Waals surface area contributed by atoms with Gasteiger partial charge in [-0.3, -0.25) is 4.79 Å². The Morgan fingerprint density at radius 3 is 2.89 bits per heavy atom. The summed E-state index contributed by atoms with van der Waals surface area (Å²) in [6.07, 6.45) is -0.387. The number of carbonyl (C=O) groups excluding carboxylic acids is 1. The lowest BCUT2D eigenvalue weighted by Crippen LogP contribution is -2.39. The van der Waals surface area contributed by atoms with Gasteiger partial charge in [-0.25, -0.2) is 0 Å². The maximum Gasteiger partial charge on any atom is 0.263 e. The highest BCUT2D eigenvalue weighted by Gasteiger charge is 2.28. The van der Waals surface area contributed by atoms with E-state index in [0.717, 1.165) is 0 Å². The fourth-order valence-electron chi connectivity index (χ4n) is 1.98. The first-order chi connectivity index (χ1) is 8.58. The number of aliphatic hydroxyl groups excluding tert-OH is 1. The summed E-state index contributed by atoms with van der Waals surface area (Å²) in [5, 5.41) is 9.89. The number of nitrogens with zero attached hydrogens (tertiary/aromatic N) is 1. The number of rotatable bonds is 3. The van der Waals surface area contributed by atoms with E-state index in [4.69, 9.17) is 16.3 Å². The third kappa shape index (κ3) is 2.94. The lowest BCUT2D eigenvalue weighted by molar-refractivity contribution is -0.137. The molecule has 1 fully saturated rings. The van der Waals surface area contributed by atoms with E-state index in [1.54, 1.807) is 36.1 Å². The van der Waals surface area contributed by atoms with Gasteiger partial charge in [0, 0.05) is 13.1 Å². The Balaban J connectivity index is 1.98. The molecule has 2 atom stereocenters. The van der Waals surface area contributed by atoms with E-state index >= 15 is 0 Å². The second-order valence-corrected chi connectivity index (χ2v) is 4.82. The monoisotopic (exact) mass is 269 g/mol. The zero-order valence-corrected chi connectivity index (χ0v) is 10.9. The van der Waals surface area contributed by atoms with Crippen molar-refractivity contribution in [2.24, 2.45) is 0 Å². The number of amides is 1. The summed E-state index contributed by atoms with van der Waals surface area (Å²) in [4.78, 5) is 13.7. The lowest BCUT2D eigenvalue weighted by atomic mass is 10.3. The molecule has 5 heteroatoms. The van der Waals surface area contributed by atoms with Crippen LogP contribution in [-0.4, -0.2) is 41.2 Å². The van der Waals surface area contributed by atoms with E-state index in [2.05, 4.69) is 0 Å². The Morgan fingerprint density at radius 1 is 1.56 bits per heavy atom. The van der Waals surface area contributed by atoms with Crippen LogP contribution in [0, 0.1) is 0 Å². The molecule has 0 radical (unpaired) electrons. The zero-order valence-electron chi connectivity index (χ0n) is 10.2. The molecule has 1 aromatic carbocycles. The molecule has 0 aromatic heterocycles. The van der Waals surface area contributed by atoms with Gasteiger partial charge in [0.2, 0.25) is 0 Å². The second kappa shape index (κ2) is 5.59. The Bertz CT molecular complexity index is 438. The molecular weight excluding hydrogens is 254 g/mol. The summed E-state index contributed by atoms with van der Waals surface area (Å²) < 4.78 is 5.55. The van der Waals surface area contributed by atoms with E-state index in [9.17, 15) is 9.90 Å². The molecule has 18 heavy (non-hydrogen) atoms. The standard InChI is InChI=1S/C13H16ClNO3/c1-9(13(17)15-7-6-10(16)8-15)18-12-5-3-2-4-11(12)14/h2-5,9-10,16H,6-8H2,1H3/t9?,10-/m0/s1. The number of aliphatic hydroxyl groups is 1. The number of likely N-dealkylation sites (tertiary alicyclic amines) is 1. The van der Waals surface area contributed by atoms with Crippen LogP contribution in [0.4, 0.5) is 0 Å². The van der Waals surface area contributed by atoms with Crippen LogP contribution in [0.15, 0.2) is 24.3 Å². The van der Waals surface area contributed by atoms with Gasteiger partial charge in [-0.1, -0.05) is 23.7 Å². The smallest absolute Gasteiger partial charge is 0.263 e. The molecule has 1 aromatic rings. The largest absolute Gasteiger partial charge is 0.479 e. The van der Waals surface area contributed by atoms with Crippen molar-refractivity contribution < 1.29 is 14.6 Å². The molecule has 98 valence electrons. The molecule has 4 nitrogen and oxygen atoms in total. The maximum absolute atomic E-state index is 12.1. The molecule has 2 rings (SSSR count). The van der Waals surface area contributed by atoms with Crippen molar-refractivity contribution in [1.29, 1.82) is 0 Å². The van der Waals surface area contributed by atoms with Crippen LogP contribution in [-0.2, 0) is 4.79 Å². The molecule has 0 spiro atoms. The lowest BCUT2D eigenvalue weighted by Gasteiger charge is -2.21. The van der Waals surface area contributed by atoms with Crippen LogP contribution >= 0.6 is 11.6 Å². The normalized spacial score (nSPS) is 20.8. The van der Waals surface area contributed by atoms with E-state index in [1.807, 2.05) is 0 Å². The van der Waals surface area contributed by atoms with Crippen molar-refractivity contribution in [3.8, 4) is 5.75 Å². The van der Waals surface area contributed by atoms with Crippen molar-refractivity contribution in [2.45, 2.75) is 25.6 Å². The third-order valence-electron chi connectivity index (χ3n) is 2.96. The number of carbonyl (C=O) groups is 1. The third-order valence-corrected chi connectivity index (χ3v) is 3.28. The van der Waals surface area contributed by atoms with Crippen LogP contribution in [0.25, 0.3) is 0 Å². The van der Waals surface area contributed by atoms with Crippen LogP contribution in [0.5, 0.6) is 5.75 Å². The minimum atomic E-state index is -0.602. The van der Waals surface area contributed by atoms with Gasteiger partial charge in [0.15, 0.2) is 6.10 Å². The van der Waals surface area contributed by atoms with E-state index in [1.165, 1.54) is 0 Å². The van der Waals surface area contributed by atoms with Crippen LogP contribution in [0.1, 0.15) is 13.3 Å². The van der Waals surface area contributed by atoms with Gasteiger partial charge in [0.05, 0.1) is 11.1 Å². The van der Waals surface area contributed by atoms with Gasteiger partial charge in [0.25, 0.3) is 5.91 Å². The van der Waals surface area contributed by atoms with Crippen LogP contribution in [0.3, 0.4) is 0 Å². The fourth-order valence-corrected chi connectivity index (χ4v) is 2.16. The first kappa shape index (κ1) is 13.2. The predicted octanol–water partition coefficient (Wildman–Crippen LogP) is 1.70. The topological polar surface area (TPSA) is 49.8 Å². The van der Waals surface area contributed by atoms with Crippen molar-refractivity contribution in [3.05, 3.63) is 29.3 Å². The zero-order chi connectivity index (χ0) is 13.1. The number of ether oxygens (including phenoxy) is 1. The van der Waals surface area contributed by atoms with Gasteiger partial charge in [0.1, 0.15) is 5.75 Å². The number of β-amino-alcohol motifs (C(OH)–C–C–N with tert-alkyl or cyclic N) is 1. The summed E-state index contributed by atoms with van der Waals surface area (Å²) in [6.45, 7) is 2.65. The highest BCUT2D eigenvalue weighted by atomic mass is 35.5. The molecule has 0 aliphatic carbocycles. The van der Waals surface area contributed by atoms with Crippen molar-refractivity contribution in [2.75, 3.05) is 13.1 Å². The molecule has 0 bridgehead atoms. The molecule has 1 amide bonds. The Hall–Kier alpha value is -1.26. The molecular formula is C13H16ClNO3. The van der Waals surface area contributed by atoms with Crippen LogP contribution in [0.2, 0.25) is 5.02 Å². The Labute approximate surface area is 111 Å². The van der Waals surface area contributed by atoms with Crippen LogP contribution < -0.4 is 4.74 Å². The number of halogens is 1.